The monoisotopic (exact) mass is 426 g/mol. The number of carbonyl (C=O) groups is 3. The Kier molecular flexibility index (Phi) is 4.36. The molecule has 1 aliphatic heterocycles. The minimum Gasteiger partial charge on any atom is -0.290 e. The van der Waals surface area contributed by atoms with E-state index >= 15 is 0 Å². The van der Waals surface area contributed by atoms with Gasteiger partial charge in [0, 0.05) is 11.3 Å². The summed E-state index contributed by atoms with van der Waals surface area (Å²) in [6, 6.07) is 16.8. The molecule has 0 N–H and O–H groups in total. The Morgan fingerprint density at radius 2 is 1.50 bits per heavy atom. The molecule has 32 heavy (non-hydrogen) atoms. The highest BCUT2D eigenvalue weighted by molar-refractivity contribution is 6.09. The van der Waals surface area contributed by atoms with Crippen molar-refractivity contribution in [1.82, 2.24) is 4.90 Å². The number of carbonyl (C=O) groups excluding carboxylic acids is 3. The van der Waals surface area contributed by atoms with Crippen molar-refractivity contribution in [2.75, 3.05) is 11.6 Å². The predicted molar refractivity (Wildman–Crippen MR) is 120 cm³/mol. The van der Waals surface area contributed by atoms with Gasteiger partial charge in [-0.1, -0.05) is 49.4 Å². The standard InChI is InChI=1S/C27H26N2O3/c1-2-16-8-10-18(11-9-16)28(25(30)17-6-4-3-5-7-17)15-29-26(31)23-19-12-13-20(22-14-21(19)22)24(23)27(29)32/h3-13,19-24H,2,14-15H2,1H3/t19-,20+,21-,22-,23+,24+/m1/s1. The van der Waals surface area contributed by atoms with E-state index < -0.39 is 0 Å². The molecule has 0 radical (unpaired) electrons. The normalized spacial score (nSPS) is 31.5. The van der Waals surface area contributed by atoms with Crippen LogP contribution in [0.15, 0.2) is 66.7 Å². The molecule has 0 spiro atoms. The summed E-state index contributed by atoms with van der Waals surface area (Å²) >= 11 is 0. The van der Waals surface area contributed by atoms with E-state index in [2.05, 4.69) is 19.1 Å². The zero-order valence-corrected chi connectivity index (χ0v) is 18.1. The van der Waals surface area contributed by atoms with Gasteiger partial charge in [0.2, 0.25) is 11.8 Å². The molecule has 5 aliphatic rings. The van der Waals surface area contributed by atoms with Crippen molar-refractivity contribution < 1.29 is 14.4 Å². The Bertz CT molecular complexity index is 1090. The van der Waals surface area contributed by atoms with Gasteiger partial charge in [0.15, 0.2) is 0 Å². The molecule has 2 bridgehead atoms. The van der Waals surface area contributed by atoms with Gasteiger partial charge in [0.25, 0.3) is 5.91 Å². The van der Waals surface area contributed by atoms with Crippen molar-refractivity contribution in [2.24, 2.45) is 35.5 Å². The fraction of sp³-hybridized carbons (Fsp3) is 0.370. The molecule has 3 fully saturated rings. The minimum absolute atomic E-state index is 0.0430. The lowest BCUT2D eigenvalue weighted by Crippen LogP contribution is -2.45. The van der Waals surface area contributed by atoms with Crippen LogP contribution >= 0.6 is 0 Å². The summed E-state index contributed by atoms with van der Waals surface area (Å²) in [5, 5.41) is 0. The summed E-state index contributed by atoms with van der Waals surface area (Å²) in [6.45, 7) is 2.04. The fourth-order valence-electron chi connectivity index (χ4n) is 6.21. The average Bonchev–Trinajstić information content (AvgIpc) is 3.63. The van der Waals surface area contributed by atoms with Gasteiger partial charge in [-0.15, -0.1) is 0 Å². The Labute approximate surface area is 187 Å². The lowest BCUT2D eigenvalue weighted by Gasteiger charge is -2.37. The van der Waals surface area contributed by atoms with E-state index in [0.29, 0.717) is 23.1 Å². The third kappa shape index (κ3) is 2.80. The molecule has 1 saturated heterocycles. The van der Waals surface area contributed by atoms with Crippen LogP contribution in [-0.4, -0.2) is 29.3 Å². The van der Waals surface area contributed by atoms with E-state index in [0.717, 1.165) is 12.8 Å². The maximum atomic E-state index is 13.5. The van der Waals surface area contributed by atoms with E-state index in [-0.39, 0.29) is 48.1 Å². The van der Waals surface area contributed by atoms with Gasteiger partial charge < -0.3 is 0 Å². The molecule has 2 aromatic rings. The third-order valence-electron chi connectivity index (χ3n) is 7.96. The highest BCUT2D eigenvalue weighted by Gasteiger charge is 2.67. The first-order chi connectivity index (χ1) is 15.6. The number of nitrogens with zero attached hydrogens (tertiary/aromatic N) is 2. The van der Waals surface area contributed by atoms with Crippen molar-refractivity contribution in [3.05, 3.63) is 77.9 Å². The molecule has 2 saturated carbocycles. The van der Waals surface area contributed by atoms with E-state index in [9.17, 15) is 14.4 Å². The molecule has 1 heterocycles. The maximum absolute atomic E-state index is 13.5. The minimum atomic E-state index is -0.252. The number of hydrogen-bond acceptors (Lipinski definition) is 3. The summed E-state index contributed by atoms with van der Waals surface area (Å²) in [5.41, 5.74) is 2.39. The lowest BCUT2D eigenvalue weighted by molar-refractivity contribution is -0.140. The van der Waals surface area contributed by atoms with Gasteiger partial charge in [-0.25, -0.2) is 0 Å². The van der Waals surface area contributed by atoms with E-state index in [1.54, 1.807) is 17.0 Å². The summed E-state index contributed by atoms with van der Waals surface area (Å²) in [7, 11) is 0. The van der Waals surface area contributed by atoms with E-state index in [4.69, 9.17) is 0 Å². The van der Waals surface area contributed by atoms with Gasteiger partial charge in [0.05, 0.1) is 11.8 Å². The van der Waals surface area contributed by atoms with Gasteiger partial charge in [0.1, 0.15) is 6.67 Å². The number of benzene rings is 2. The van der Waals surface area contributed by atoms with E-state index in [1.165, 1.54) is 10.5 Å². The molecule has 162 valence electrons. The SMILES string of the molecule is CCc1ccc(N(CN2C(=O)[C@H]3[C@@H]4C=C[C@@H]([C@H]5C[C@H]45)[C@@H]3C2=O)C(=O)c2ccccc2)cc1. The van der Waals surface area contributed by atoms with Crippen molar-refractivity contribution >= 4 is 23.4 Å². The molecular formula is C27H26N2O3. The van der Waals surface area contributed by atoms with Crippen LogP contribution in [0, 0.1) is 35.5 Å². The van der Waals surface area contributed by atoms with Crippen LogP contribution in [0.4, 0.5) is 5.69 Å². The largest absolute Gasteiger partial charge is 0.290 e. The molecule has 4 aliphatic carbocycles. The molecule has 5 nitrogen and oxygen atoms in total. The lowest BCUT2D eigenvalue weighted by atomic mass is 9.63. The summed E-state index contributed by atoms with van der Waals surface area (Å²) in [6.07, 6.45) is 6.38. The van der Waals surface area contributed by atoms with Gasteiger partial charge in [-0.05, 0) is 66.3 Å². The van der Waals surface area contributed by atoms with Gasteiger partial charge >= 0.3 is 0 Å². The molecule has 7 rings (SSSR count). The first kappa shape index (κ1) is 19.5. The zero-order valence-electron chi connectivity index (χ0n) is 18.1. The second-order valence-corrected chi connectivity index (χ2v) is 9.52. The van der Waals surface area contributed by atoms with Crippen LogP contribution < -0.4 is 4.90 Å². The quantitative estimate of drug-likeness (QED) is 0.538. The van der Waals surface area contributed by atoms with Crippen LogP contribution in [0.5, 0.6) is 0 Å². The predicted octanol–water partition coefficient (Wildman–Crippen LogP) is 3.91. The number of rotatable bonds is 5. The molecule has 2 aromatic carbocycles. The Balaban J connectivity index is 1.33. The maximum Gasteiger partial charge on any atom is 0.259 e. The Morgan fingerprint density at radius 3 is 2.06 bits per heavy atom. The van der Waals surface area contributed by atoms with Crippen LogP contribution in [0.25, 0.3) is 0 Å². The second-order valence-electron chi connectivity index (χ2n) is 9.52. The summed E-state index contributed by atoms with van der Waals surface area (Å²) in [5.74, 6) is 0.542. The summed E-state index contributed by atoms with van der Waals surface area (Å²) < 4.78 is 0. The number of anilines is 1. The average molecular weight is 427 g/mol. The number of hydrogen-bond donors (Lipinski definition) is 0. The molecule has 5 heteroatoms. The molecule has 0 aromatic heterocycles. The number of imide groups is 1. The molecule has 6 atom stereocenters. The number of aryl methyl sites for hydroxylation is 1. The number of allylic oxidation sites excluding steroid dienone is 2. The van der Waals surface area contributed by atoms with Crippen LogP contribution in [0.2, 0.25) is 0 Å². The zero-order chi connectivity index (χ0) is 22.0. The summed E-state index contributed by atoms with van der Waals surface area (Å²) in [4.78, 5) is 43.3. The highest BCUT2D eigenvalue weighted by atomic mass is 16.2. The smallest absolute Gasteiger partial charge is 0.259 e. The first-order valence-electron chi connectivity index (χ1n) is 11.6. The van der Waals surface area contributed by atoms with Crippen LogP contribution in [0.3, 0.4) is 0 Å². The number of amides is 3. The first-order valence-corrected chi connectivity index (χ1v) is 11.6. The van der Waals surface area contributed by atoms with Crippen molar-refractivity contribution in [3.63, 3.8) is 0 Å². The van der Waals surface area contributed by atoms with Gasteiger partial charge in [-0.3, -0.25) is 24.2 Å². The van der Waals surface area contributed by atoms with E-state index in [1.807, 2.05) is 42.5 Å². The van der Waals surface area contributed by atoms with Crippen LogP contribution in [0.1, 0.15) is 29.3 Å². The Morgan fingerprint density at radius 1 is 0.906 bits per heavy atom. The molecular weight excluding hydrogens is 400 g/mol. The Hall–Kier alpha value is -3.21. The molecule has 0 unspecified atom stereocenters. The van der Waals surface area contributed by atoms with Crippen molar-refractivity contribution in [3.8, 4) is 0 Å². The van der Waals surface area contributed by atoms with Crippen LogP contribution in [-0.2, 0) is 16.0 Å². The van der Waals surface area contributed by atoms with Gasteiger partial charge in [-0.2, -0.15) is 0 Å². The second kappa shape index (κ2) is 7.16. The van der Waals surface area contributed by atoms with Crippen molar-refractivity contribution in [2.45, 2.75) is 19.8 Å². The van der Waals surface area contributed by atoms with Crippen molar-refractivity contribution in [1.29, 1.82) is 0 Å². The topological polar surface area (TPSA) is 57.7 Å². The number of likely N-dealkylation sites (tertiary alicyclic amines) is 1. The molecule has 3 amide bonds. The third-order valence-corrected chi connectivity index (χ3v) is 7.96. The highest BCUT2D eigenvalue weighted by Crippen LogP contribution is 2.65. The fourth-order valence-corrected chi connectivity index (χ4v) is 6.21.